The van der Waals surface area contributed by atoms with E-state index in [1.54, 1.807) is 19.1 Å². The quantitative estimate of drug-likeness (QED) is 0.479. The summed E-state index contributed by atoms with van der Waals surface area (Å²) in [7, 11) is 0. The van der Waals surface area contributed by atoms with Gasteiger partial charge in [-0.25, -0.2) is 4.79 Å². The third-order valence-corrected chi connectivity index (χ3v) is 3.05. The Morgan fingerprint density at radius 1 is 1.67 bits per heavy atom. The fraction of sp³-hybridized carbons (Fsp3) is 0.200. The number of pyridine rings is 1. The van der Waals surface area contributed by atoms with Crippen molar-refractivity contribution in [3.05, 3.63) is 29.3 Å². The van der Waals surface area contributed by atoms with E-state index in [0.29, 0.717) is 16.3 Å². The molecule has 0 aliphatic rings. The van der Waals surface area contributed by atoms with Crippen molar-refractivity contribution in [3.8, 4) is 0 Å². The van der Waals surface area contributed by atoms with Crippen LogP contribution >= 0.6 is 11.3 Å². The number of carbonyl (C=O) groups excluding carboxylic acids is 1. The molecule has 0 amide bonds. The monoisotopic (exact) mass is 224 g/mol. The highest BCUT2D eigenvalue weighted by Gasteiger charge is 2.17. The smallest absolute Gasteiger partial charge is 0.348 e. The van der Waals surface area contributed by atoms with Crippen LogP contribution in [0.3, 0.4) is 0 Å². The molecule has 0 aliphatic heterocycles. The second kappa shape index (κ2) is 3.86. The molecular formula is C10H10NO3S+. The van der Waals surface area contributed by atoms with Crippen LogP contribution in [0.15, 0.2) is 24.4 Å². The molecule has 0 spiro atoms. The molecule has 1 N–H and O–H groups in total. The first kappa shape index (κ1) is 9.92. The zero-order valence-electron chi connectivity index (χ0n) is 8.14. The second-order valence-corrected chi connectivity index (χ2v) is 3.98. The molecule has 2 rings (SSSR count). The molecular weight excluding hydrogens is 214 g/mol. The van der Waals surface area contributed by atoms with Crippen molar-refractivity contribution in [1.82, 2.24) is 0 Å². The van der Waals surface area contributed by atoms with Gasteiger partial charge in [0.1, 0.15) is 4.88 Å². The summed E-state index contributed by atoms with van der Waals surface area (Å²) in [6, 6.07) is 5.26. The van der Waals surface area contributed by atoms with Gasteiger partial charge in [-0.15, -0.1) is 0 Å². The summed E-state index contributed by atoms with van der Waals surface area (Å²) >= 11 is 1.21. The molecule has 78 valence electrons. The lowest BCUT2D eigenvalue weighted by atomic mass is 10.3. The highest BCUT2D eigenvalue weighted by Crippen LogP contribution is 2.22. The van der Waals surface area contributed by atoms with Crippen molar-refractivity contribution in [2.75, 3.05) is 6.61 Å². The van der Waals surface area contributed by atoms with Gasteiger partial charge in [-0.05, 0) is 19.1 Å². The van der Waals surface area contributed by atoms with Crippen LogP contribution in [0.25, 0.3) is 10.2 Å². The first-order valence-corrected chi connectivity index (χ1v) is 5.34. The Kier molecular flexibility index (Phi) is 2.55. The number of fused-ring (bicyclic) bond motifs is 1. The minimum Gasteiger partial charge on any atom is -0.462 e. The number of nitrogens with zero attached hydrogens (tertiary/aromatic N) is 1. The zero-order valence-corrected chi connectivity index (χ0v) is 8.95. The number of hydrogen-bond donors (Lipinski definition) is 1. The summed E-state index contributed by atoms with van der Waals surface area (Å²) in [4.78, 5) is 12.6. The van der Waals surface area contributed by atoms with Gasteiger partial charge in [0.05, 0.1) is 12.0 Å². The number of esters is 1. The van der Waals surface area contributed by atoms with Gasteiger partial charge in [0, 0.05) is 10.8 Å². The summed E-state index contributed by atoms with van der Waals surface area (Å²) in [5.74, 6) is -0.348. The van der Waals surface area contributed by atoms with E-state index in [1.165, 1.54) is 17.5 Å². The van der Waals surface area contributed by atoms with E-state index in [4.69, 9.17) is 4.74 Å². The average molecular weight is 224 g/mol. The van der Waals surface area contributed by atoms with E-state index in [1.807, 2.05) is 6.07 Å². The number of hydrogen-bond acceptors (Lipinski definition) is 4. The Balaban J connectivity index is 2.47. The van der Waals surface area contributed by atoms with Crippen LogP contribution in [-0.2, 0) is 4.74 Å². The minimum atomic E-state index is -0.348. The second-order valence-electron chi connectivity index (χ2n) is 2.94. The third kappa shape index (κ3) is 1.78. The largest absolute Gasteiger partial charge is 0.462 e. The van der Waals surface area contributed by atoms with Crippen molar-refractivity contribution in [1.29, 1.82) is 0 Å². The van der Waals surface area contributed by atoms with E-state index in [2.05, 4.69) is 0 Å². The van der Waals surface area contributed by atoms with Crippen LogP contribution in [0, 0.1) is 0 Å². The van der Waals surface area contributed by atoms with Crippen molar-refractivity contribution < 1.29 is 19.5 Å². The first-order chi connectivity index (χ1) is 7.22. The predicted molar refractivity (Wildman–Crippen MR) is 55.2 cm³/mol. The molecule has 5 heteroatoms. The molecule has 4 nitrogen and oxygen atoms in total. The van der Waals surface area contributed by atoms with Gasteiger partial charge in [-0.1, -0.05) is 11.3 Å². The van der Waals surface area contributed by atoms with Crippen molar-refractivity contribution >= 4 is 27.5 Å². The number of carbonyl (C=O) groups is 1. The molecule has 0 saturated heterocycles. The molecule has 2 heterocycles. The van der Waals surface area contributed by atoms with Crippen molar-refractivity contribution in [2.45, 2.75) is 6.92 Å². The van der Waals surface area contributed by atoms with Gasteiger partial charge in [-0.3, -0.25) is 5.21 Å². The highest BCUT2D eigenvalue weighted by molar-refractivity contribution is 7.19. The van der Waals surface area contributed by atoms with Crippen LogP contribution in [0.2, 0.25) is 0 Å². The van der Waals surface area contributed by atoms with Crippen LogP contribution in [0.1, 0.15) is 16.6 Å². The highest BCUT2D eigenvalue weighted by atomic mass is 32.1. The molecule has 0 saturated carbocycles. The van der Waals surface area contributed by atoms with Gasteiger partial charge in [0.2, 0.25) is 6.20 Å². The Hall–Kier alpha value is -1.62. The molecule has 0 fully saturated rings. The van der Waals surface area contributed by atoms with Gasteiger partial charge in [-0.2, -0.15) is 0 Å². The van der Waals surface area contributed by atoms with Gasteiger partial charge >= 0.3 is 10.8 Å². The molecule has 2 aromatic rings. The fourth-order valence-corrected chi connectivity index (χ4v) is 2.23. The maximum atomic E-state index is 11.4. The Labute approximate surface area is 90.3 Å². The molecule has 0 aromatic carbocycles. The Morgan fingerprint density at radius 3 is 3.13 bits per heavy atom. The maximum Gasteiger partial charge on any atom is 0.348 e. The Bertz CT molecular complexity index is 506. The fourth-order valence-electron chi connectivity index (χ4n) is 1.29. The Morgan fingerprint density at radius 2 is 2.47 bits per heavy atom. The van der Waals surface area contributed by atoms with E-state index < -0.39 is 0 Å². The number of rotatable bonds is 2. The molecule has 0 atom stereocenters. The zero-order chi connectivity index (χ0) is 10.8. The molecule has 2 aromatic heterocycles. The SMILES string of the molecule is CCOC(=O)c1cc2ccc[n+](O)c2s1. The van der Waals surface area contributed by atoms with E-state index in [-0.39, 0.29) is 5.97 Å². The molecule has 15 heavy (non-hydrogen) atoms. The third-order valence-electron chi connectivity index (χ3n) is 1.93. The minimum absolute atomic E-state index is 0.348. The van der Waals surface area contributed by atoms with Crippen LogP contribution in [0.4, 0.5) is 0 Å². The first-order valence-electron chi connectivity index (χ1n) is 4.53. The molecule has 0 unspecified atom stereocenters. The molecule has 0 aliphatic carbocycles. The summed E-state index contributed by atoms with van der Waals surface area (Å²) in [6.07, 6.45) is 1.52. The lowest BCUT2D eigenvalue weighted by Crippen LogP contribution is -2.28. The summed E-state index contributed by atoms with van der Waals surface area (Å²) in [5.41, 5.74) is 0. The topological polar surface area (TPSA) is 50.4 Å². The predicted octanol–water partition coefficient (Wildman–Crippen LogP) is 1.60. The lowest BCUT2D eigenvalue weighted by Gasteiger charge is -1.95. The lowest BCUT2D eigenvalue weighted by molar-refractivity contribution is -0.883. The van der Waals surface area contributed by atoms with Crippen molar-refractivity contribution in [2.24, 2.45) is 0 Å². The van der Waals surface area contributed by atoms with Gasteiger partial charge in [0.15, 0.2) is 0 Å². The van der Waals surface area contributed by atoms with Gasteiger partial charge in [0.25, 0.3) is 0 Å². The summed E-state index contributed by atoms with van der Waals surface area (Å²) < 4.78 is 5.88. The van der Waals surface area contributed by atoms with Gasteiger partial charge < -0.3 is 4.74 Å². The van der Waals surface area contributed by atoms with Crippen LogP contribution in [-0.4, -0.2) is 17.8 Å². The van der Waals surface area contributed by atoms with Crippen LogP contribution in [0.5, 0.6) is 0 Å². The standard InChI is InChI=1S/C10H10NO3S/c1-2-14-10(12)8-6-7-4-3-5-11(13)9(7)15-8/h3-6,13H,2H2,1H3/q+1. The van der Waals surface area contributed by atoms with E-state index in [9.17, 15) is 10.0 Å². The summed E-state index contributed by atoms with van der Waals surface area (Å²) in [5, 5.41) is 10.3. The normalized spacial score (nSPS) is 10.5. The number of aromatic nitrogens is 1. The number of thiophene rings is 1. The average Bonchev–Trinajstić information content (AvgIpc) is 2.63. The summed E-state index contributed by atoms with van der Waals surface area (Å²) in [6.45, 7) is 2.11. The van der Waals surface area contributed by atoms with E-state index in [0.717, 1.165) is 10.1 Å². The number of ether oxygens (including phenoxy) is 1. The molecule has 0 bridgehead atoms. The van der Waals surface area contributed by atoms with E-state index >= 15 is 0 Å². The maximum absolute atomic E-state index is 11.4. The van der Waals surface area contributed by atoms with Crippen molar-refractivity contribution in [3.63, 3.8) is 0 Å². The van der Waals surface area contributed by atoms with Crippen LogP contribution < -0.4 is 4.73 Å². The molecule has 0 radical (unpaired) electrons.